The van der Waals surface area contributed by atoms with Crippen molar-refractivity contribution in [2.75, 3.05) is 7.11 Å². The number of nitrogens with two attached hydrogens (primary N) is 1. The smallest absolute Gasteiger partial charge is 0.231 e. The zero-order chi connectivity index (χ0) is 15.4. The lowest BCUT2D eigenvalue weighted by Crippen LogP contribution is -2.28. The van der Waals surface area contributed by atoms with Gasteiger partial charge in [0, 0.05) is 12.5 Å². The first-order valence-corrected chi connectivity index (χ1v) is 7.22. The number of methoxy groups -OCH3 is 1. The maximum Gasteiger partial charge on any atom is 0.231 e. The number of rotatable bonds is 6. The number of aromatic nitrogens is 2. The van der Waals surface area contributed by atoms with E-state index in [1.165, 1.54) is 0 Å². The summed E-state index contributed by atoms with van der Waals surface area (Å²) >= 11 is 0. The van der Waals surface area contributed by atoms with Crippen LogP contribution in [0.1, 0.15) is 44.0 Å². The Bertz CT molecular complexity index is 570. The van der Waals surface area contributed by atoms with Gasteiger partial charge in [0.05, 0.1) is 13.0 Å². The number of benzene rings is 1. The van der Waals surface area contributed by atoms with Crippen molar-refractivity contribution in [2.45, 2.75) is 39.2 Å². The third-order valence-corrected chi connectivity index (χ3v) is 3.55. The summed E-state index contributed by atoms with van der Waals surface area (Å²) in [5.41, 5.74) is 7.11. The van der Waals surface area contributed by atoms with Crippen LogP contribution in [-0.2, 0) is 6.42 Å². The van der Waals surface area contributed by atoms with Crippen LogP contribution in [0.25, 0.3) is 0 Å². The van der Waals surface area contributed by atoms with Crippen LogP contribution in [0.5, 0.6) is 5.75 Å². The topological polar surface area (TPSA) is 74.2 Å². The summed E-state index contributed by atoms with van der Waals surface area (Å²) in [6.07, 6.45) is 0.616. The van der Waals surface area contributed by atoms with Crippen LogP contribution in [0.4, 0.5) is 0 Å². The largest absolute Gasteiger partial charge is 0.497 e. The average molecular weight is 289 g/mol. The van der Waals surface area contributed by atoms with E-state index in [9.17, 15) is 0 Å². The quantitative estimate of drug-likeness (QED) is 0.885. The van der Waals surface area contributed by atoms with E-state index in [0.29, 0.717) is 24.1 Å². The summed E-state index contributed by atoms with van der Waals surface area (Å²) in [5.74, 6) is 2.56. The van der Waals surface area contributed by atoms with Crippen molar-refractivity contribution in [3.05, 3.63) is 41.5 Å². The van der Waals surface area contributed by atoms with Crippen LogP contribution >= 0.6 is 0 Å². The molecule has 0 aliphatic rings. The minimum Gasteiger partial charge on any atom is -0.497 e. The van der Waals surface area contributed by atoms with Crippen molar-refractivity contribution in [3.63, 3.8) is 0 Å². The SMILES string of the molecule is COc1cccc(Cc2noc(C(C(C)C)C(C)N)n2)c1. The second kappa shape index (κ2) is 6.72. The lowest BCUT2D eigenvalue weighted by molar-refractivity contribution is 0.298. The van der Waals surface area contributed by atoms with Gasteiger partial charge in [-0.05, 0) is 30.5 Å². The van der Waals surface area contributed by atoms with Gasteiger partial charge in [-0.15, -0.1) is 0 Å². The van der Waals surface area contributed by atoms with Gasteiger partial charge in [-0.25, -0.2) is 0 Å². The van der Waals surface area contributed by atoms with Gasteiger partial charge in [-0.1, -0.05) is 31.1 Å². The molecule has 0 bridgehead atoms. The summed E-state index contributed by atoms with van der Waals surface area (Å²) in [6, 6.07) is 7.84. The molecule has 0 saturated heterocycles. The van der Waals surface area contributed by atoms with Gasteiger partial charge in [0.2, 0.25) is 5.89 Å². The summed E-state index contributed by atoms with van der Waals surface area (Å²) in [6.45, 7) is 6.19. The molecular formula is C16H23N3O2. The monoisotopic (exact) mass is 289 g/mol. The van der Waals surface area contributed by atoms with Crippen molar-refractivity contribution in [1.82, 2.24) is 10.1 Å². The third-order valence-electron chi connectivity index (χ3n) is 3.55. The predicted octanol–water partition coefficient (Wildman–Crippen LogP) is 2.76. The second-order valence-electron chi connectivity index (χ2n) is 5.71. The second-order valence-corrected chi connectivity index (χ2v) is 5.71. The fourth-order valence-electron chi connectivity index (χ4n) is 2.56. The molecule has 1 aromatic carbocycles. The summed E-state index contributed by atoms with van der Waals surface area (Å²) in [4.78, 5) is 4.51. The van der Waals surface area contributed by atoms with E-state index >= 15 is 0 Å². The van der Waals surface area contributed by atoms with E-state index in [1.54, 1.807) is 7.11 Å². The van der Waals surface area contributed by atoms with E-state index in [2.05, 4.69) is 24.0 Å². The fourth-order valence-corrected chi connectivity index (χ4v) is 2.56. The van der Waals surface area contributed by atoms with Crippen LogP contribution in [0.15, 0.2) is 28.8 Å². The molecule has 21 heavy (non-hydrogen) atoms. The Morgan fingerprint density at radius 2 is 2.05 bits per heavy atom. The number of nitrogens with zero attached hydrogens (tertiary/aromatic N) is 2. The molecule has 0 radical (unpaired) electrons. The van der Waals surface area contributed by atoms with Gasteiger partial charge in [0.1, 0.15) is 5.75 Å². The Morgan fingerprint density at radius 1 is 1.29 bits per heavy atom. The molecule has 5 nitrogen and oxygen atoms in total. The van der Waals surface area contributed by atoms with Gasteiger partial charge >= 0.3 is 0 Å². The Labute approximate surface area is 125 Å². The predicted molar refractivity (Wildman–Crippen MR) is 81.3 cm³/mol. The molecule has 0 saturated carbocycles. The maximum atomic E-state index is 6.03. The maximum absolute atomic E-state index is 6.03. The van der Waals surface area contributed by atoms with Crippen LogP contribution in [0.3, 0.4) is 0 Å². The van der Waals surface area contributed by atoms with Gasteiger partial charge < -0.3 is 15.0 Å². The van der Waals surface area contributed by atoms with Gasteiger partial charge in [-0.2, -0.15) is 4.98 Å². The molecule has 0 fully saturated rings. The molecular weight excluding hydrogens is 266 g/mol. The van der Waals surface area contributed by atoms with E-state index in [1.807, 2.05) is 31.2 Å². The van der Waals surface area contributed by atoms with Gasteiger partial charge in [0.15, 0.2) is 5.82 Å². The molecule has 1 aromatic heterocycles. The van der Waals surface area contributed by atoms with Crippen molar-refractivity contribution in [1.29, 1.82) is 0 Å². The Balaban J connectivity index is 2.15. The van der Waals surface area contributed by atoms with Crippen LogP contribution in [0, 0.1) is 5.92 Å². The lowest BCUT2D eigenvalue weighted by Gasteiger charge is -2.20. The minimum absolute atomic E-state index is 0.0184. The zero-order valence-electron chi connectivity index (χ0n) is 13.0. The molecule has 2 aromatic rings. The van der Waals surface area contributed by atoms with Crippen LogP contribution < -0.4 is 10.5 Å². The highest BCUT2D eigenvalue weighted by Crippen LogP contribution is 2.26. The molecule has 0 spiro atoms. The Kier molecular flexibility index (Phi) is 4.96. The van der Waals surface area contributed by atoms with E-state index in [-0.39, 0.29) is 12.0 Å². The molecule has 2 unspecified atom stereocenters. The zero-order valence-corrected chi connectivity index (χ0v) is 13.0. The number of ether oxygens (including phenoxy) is 1. The van der Waals surface area contributed by atoms with Crippen molar-refractivity contribution >= 4 is 0 Å². The molecule has 1 heterocycles. The molecule has 0 aliphatic heterocycles. The average Bonchev–Trinajstić information content (AvgIpc) is 2.86. The highest BCUT2D eigenvalue weighted by molar-refractivity contribution is 5.30. The normalized spacial score (nSPS) is 14.2. The fraction of sp³-hybridized carbons (Fsp3) is 0.500. The molecule has 0 amide bonds. The first-order valence-electron chi connectivity index (χ1n) is 7.22. The Morgan fingerprint density at radius 3 is 2.67 bits per heavy atom. The first-order chi connectivity index (χ1) is 10.0. The van der Waals surface area contributed by atoms with Crippen molar-refractivity contribution < 1.29 is 9.26 Å². The molecule has 2 N–H and O–H groups in total. The summed E-state index contributed by atoms with van der Waals surface area (Å²) in [5, 5.41) is 4.07. The Hall–Kier alpha value is -1.88. The lowest BCUT2D eigenvalue weighted by atomic mass is 9.90. The van der Waals surface area contributed by atoms with E-state index in [4.69, 9.17) is 15.0 Å². The first kappa shape index (κ1) is 15.5. The van der Waals surface area contributed by atoms with Crippen LogP contribution in [0.2, 0.25) is 0 Å². The molecule has 2 atom stereocenters. The highest BCUT2D eigenvalue weighted by atomic mass is 16.5. The van der Waals surface area contributed by atoms with Crippen molar-refractivity contribution in [3.8, 4) is 5.75 Å². The standard InChI is InChI=1S/C16H23N3O2/c1-10(2)15(11(3)17)16-18-14(19-21-16)9-12-6-5-7-13(8-12)20-4/h5-8,10-11,15H,9,17H2,1-4H3. The van der Waals surface area contributed by atoms with Crippen molar-refractivity contribution in [2.24, 2.45) is 11.7 Å². The summed E-state index contributed by atoms with van der Waals surface area (Å²) in [7, 11) is 1.65. The molecule has 0 aliphatic carbocycles. The number of hydrogen-bond acceptors (Lipinski definition) is 5. The minimum atomic E-state index is -0.0184. The number of hydrogen-bond donors (Lipinski definition) is 1. The molecule has 5 heteroatoms. The molecule has 114 valence electrons. The highest BCUT2D eigenvalue weighted by Gasteiger charge is 2.26. The van der Waals surface area contributed by atoms with Crippen LogP contribution in [-0.4, -0.2) is 23.3 Å². The third kappa shape index (κ3) is 3.82. The van der Waals surface area contributed by atoms with Gasteiger partial charge in [0.25, 0.3) is 0 Å². The summed E-state index contributed by atoms with van der Waals surface area (Å²) < 4.78 is 10.6. The van der Waals surface area contributed by atoms with E-state index in [0.717, 1.165) is 11.3 Å². The van der Waals surface area contributed by atoms with Gasteiger partial charge in [-0.3, -0.25) is 0 Å². The van der Waals surface area contributed by atoms with E-state index < -0.39 is 0 Å². The molecule has 2 rings (SSSR count).